The molecular weight excluding hydrogens is 132 g/mol. The van der Waals surface area contributed by atoms with Crippen molar-refractivity contribution >= 4 is 0 Å². The van der Waals surface area contributed by atoms with Gasteiger partial charge in [-0.15, -0.1) is 0 Å². The Hall–Kier alpha value is -0.260. The van der Waals surface area contributed by atoms with Gasteiger partial charge in [-0.1, -0.05) is 31.4 Å². The molecule has 0 aromatic rings. The molecule has 0 unspecified atom stereocenters. The Kier molecular flexibility index (Phi) is 2.30. The fraction of sp³-hybridized carbons (Fsp3) is 0.818. The minimum Gasteiger partial charge on any atom is -0.0882 e. The topological polar surface area (TPSA) is 0 Å². The summed E-state index contributed by atoms with van der Waals surface area (Å²) in [5.41, 5.74) is 0. The summed E-state index contributed by atoms with van der Waals surface area (Å²) in [5.74, 6) is 2.03. The first kappa shape index (κ1) is 7.39. The zero-order valence-corrected chi connectivity index (χ0v) is 7.26. The van der Waals surface area contributed by atoms with Gasteiger partial charge < -0.3 is 0 Å². The lowest BCUT2D eigenvalue weighted by Crippen LogP contribution is -2.14. The zero-order valence-electron chi connectivity index (χ0n) is 7.26. The second-order valence-electron chi connectivity index (χ2n) is 4.07. The molecule has 62 valence electrons. The van der Waals surface area contributed by atoms with Crippen molar-refractivity contribution in [1.29, 1.82) is 0 Å². The summed E-state index contributed by atoms with van der Waals surface area (Å²) in [5, 5.41) is 0. The molecule has 1 atom stereocenters. The molecule has 0 heterocycles. The summed E-state index contributed by atoms with van der Waals surface area (Å²) in [6.45, 7) is 0. The third kappa shape index (κ3) is 1.66. The van der Waals surface area contributed by atoms with E-state index >= 15 is 0 Å². The fourth-order valence-corrected chi connectivity index (χ4v) is 2.61. The van der Waals surface area contributed by atoms with E-state index in [4.69, 9.17) is 0 Å². The molecule has 0 spiro atoms. The van der Waals surface area contributed by atoms with Gasteiger partial charge in [0, 0.05) is 0 Å². The van der Waals surface area contributed by atoms with Crippen LogP contribution in [0.4, 0.5) is 0 Å². The van der Waals surface area contributed by atoms with Gasteiger partial charge in [0.15, 0.2) is 0 Å². The number of hydrogen-bond donors (Lipinski definition) is 0. The molecule has 0 heteroatoms. The SMILES string of the molecule is C1=C[C@H](C2CCCCC2)CC1. The first-order valence-corrected chi connectivity index (χ1v) is 5.13. The van der Waals surface area contributed by atoms with Crippen molar-refractivity contribution in [2.75, 3.05) is 0 Å². The van der Waals surface area contributed by atoms with Crippen LogP contribution in [-0.2, 0) is 0 Å². The predicted molar refractivity (Wildman–Crippen MR) is 48.4 cm³/mol. The lowest BCUT2D eigenvalue weighted by atomic mass is 9.80. The standard InChI is InChI=1S/C11H18/c1-2-6-10(7-3-1)11-8-4-5-9-11/h4,8,10-11H,1-3,5-7,9H2/t11-/m0/s1. The highest BCUT2D eigenvalue weighted by Gasteiger charge is 2.22. The summed E-state index contributed by atoms with van der Waals surface area (Å²) in [6.07, 6.45) is 15.1. The minimum atomic E-state index is 0.968. The fourth-order valence-electron chi connectivity index (χ4n) is 2.61. The summed E-state index contributed by atoms with van der Waals surface area (Å²) < 4.78 is 0. The van der Waals surface area contributed by atoms with Crippen LogP contribution in [0.3, 0.4) is 0 Å². The van der Waals surface area contributed by atoms with Gasteiger partial charge in [-0.2, -0.15) is 0 Å². The second kappa shape index (κ2) is 3.42. The van der Waals surface area contributed by atoms with Crippen LogP contribution in [0.5, 0.6) is 0 Å². The molecular formula is C11H18. The number of hydrogen-bond acceptors (Lipinski definition) is 0. The molecule has 0 saturated heterocycles. The van der Waals surface area contributed by atoms with E-state index in [9.17, 15) is 0 Å². The largest absolute Gasteiger partial charge is 0.0882 e. The molecule has 0 radical (unpaired) electrons. The highest BCUT2D eigenvalue weighted by Crippen LogP contribution is 2.35. The van der Waals surface area contributed by atoms with Gasteiger partial charge in [-0.25, -0.2) is 0 Å². The predicted octanol–water partition coefficient (Wildman–Crippen LogP) is 3.53. The van der Waals surface area contributed by atoms with E-state index in [0.29, 0.717) is 0 Å². The van der Waals surface area contributed by atoms with Crippen molar-refractivity contribution < 1.29 is 0 Å². The van der Waals surface area contributed by atoms with Crippen LogP contribution in [-0.4, -0.2) is 0 Å². The average Bonchev–Trinajstić information content (AvgIpc) is 2.58. The molecule has 0 aromatic heterocycles. The van der Waals surface area contributed by atoms with Gasteiger partial charge >= 0.3 is 0 Å². The Bertz CT molecular complexity index is 140. The van der Waals surface area contributed by atoms with Crippen LogP contribution in [0.25, 0.3) is 0 Å². The molecule has 11 heavy (non-hydrogen) atoms. The summed E-state index contributed by atoms with van der Waals surface area (Å²) in [6, 6.07) is 0. The van der Waals surface area contributed by atoms with E-state index in [-0.39, 0.29) is 0 Å². The molecule has 2 rings (SSSR count). The van der Waals surface area contributed by atoms with Crippen LogP contribution in [0.15, 0.2) is 12.2 Å². The Morgan fingerprint density at radius 3 is 2.36 bits per heavy atom. The van der Waals surface area contributed by atoms with Gasteiger partial charge in [0.05, 0.1) is 0 Å². The Labute approximate surface area is 69.7 Å². The van der Waals surface area contributed by atoms with E-state index in [0.717, 1.165) is 11.8 Å². The highest BCUT2D eigenvalue weighted by atomic mass is 14.3. The Morgan fingerprint density at radius 1 is 0.909 bits per heavy atom. The monoisotopic (exact) mass is 150 g/mol. The lowest BCUT2D eigenvalue weighted by molar-refractivity contribution is 0.284. The third-order valence-electron chi connectivity index (χ3n) is 3.31. The second-order valence-corrected chi connectivity index (χ2v) is 4.07. The molecule has 0 nitrogen and oxygen atoms in total. The maximum atomic E-state index is 2.47. The van der Waals surface area contributed by atoms with Crippen molar-refractivity contribution in [3.8, 4) is 0 Å². The van der Waals surface area contributed by atoms with Crippen LogP contribution in [0.1, 0.15) is 44.9 Å². The zero-order chi connectivity index (χ0) is 7.52. The first-order chi connectivity index (χ1) is 5.47. The summed E-state index contributed by atoms with van der Waals surface area (Å²) in [7, 11) is 0. The molecule has 0 amide bonds. The van der Waals surface area contributed by atoms with E-state index in [1.54, 1.807) is 0 Å². The van der Waals surface area contributed by atoms with Gasteiger partial charge in [-0.05, 0) is 37.5 Å². The molecule has 2 aliphatic rings. The number of allylic oxidation sites excluding steroid dienone is 2. The van der Waals surface area contributed by atoms with E-state index in [1.165, 1.54) is 44.9 Å². The van der Waals surface area contributed by atoms with E-state index < -0.39 is 0 Å². The smallest absolute Gasteiger partial charge is 0.0202 e. The van der Waals surface area contributed by atoms with Gasteiger partial charge in [0.1, 0.15) is 0 Å². The molecule has 0 aromatic carbocycles. The quantitative estimate of drug-likeness (QED) is 0.502. The highest BCUT2D eigenvalue weighted by molar-refractivity contribution is 4.99. The van der Waals surface area contributed by atoms with Gasteiger partial charge in [0.2, 0.25) is 0 Å². The van der Waals surface area contributed by atoms with Crippen molar-refractivity contribution in [3.05, 3.63) is 12.2 Å². The molecule has 1 saturated carbocycles. The van der Waals surface area contributed by atoms with Crippen LogP contribution in [0, 0.1) is 11.8 Å². The minimum absolute atomic E-state index is 0.968. The van der Waals surface area contributed by atoms with Gasteiger partial charge in [0.25, 0.3) is 0 Å². The van der Waals surface area contributed by atoms with Crippen molar-refractivity contribution in [2.45, 2.75) is 44.9 Å². The van der Waals surface area contributed by atoms with Crippen LogP contribution >= 0.6 is 0 Å². The molecule has 0 N–H and O–H groups in total. The van der Waals surface area contributed by atoms with Gasteiger partial charge in [-0.3, -0.25) is 0 Å². The summed E-state index contributed by atoms with van der Waals surface area (Å²) >= 11 is 0. The maximum Gasteiger partial charge on any atom is -0.0202 e. The van der Waals surface area contributed by atoms with Crippen LogP contribution in [0.2, 0.25) is 0 Å². The lowest BCUT2D eigenvalue weighted by Gasteiger charge is -2.26. The Morgan fingerprint density at radius 2 is 1.73 bits per heavy atom. The number of rotatable bonds is 1. The van der Waals surface area contributed by atoms with E-state index in [2.05, 4.69) is 12.2 Å². The molecule has 0 bridgehead atoms. The van der Waals surface area contributed by atoms with E-state index in [1.807, 2.05) is 0 Å². The first-order valence-electron chi connectivity index (χ1n) is 5.13. The molecule has 2 aliphatic carbocycles. The summed E-state index contributed by atoms with van der Waals surface area (Å²) in [4.78, 5) is 0. The normalized spacial score (nSPS) is 32.9. The molecule has 0 aliphatic heterocycles. The Balaban J connectivity index is 1.87. The maximum absolute atomic E-state index is 2.47. The van der Waals surface area contributed by atoms with Crippen molar-refractivity contribution in [1.82, 2.24) is 0 Å². The van der Waals surface area contributed by atoms with Crippen LogP contribution < -0.4 is 0 Å². The van der Waals surface area contributed by atoms with Crippen molar-refractivity contribution in [2.24, 2.45) is 11.8 Å². The third-order valence-corrected chi connectivity index (χ3v) is 3.31. The molecule has 1 fully saturated rings. The average molecular weight is 150 g/mol. The van der Waals surface area contributed by atoms with Crippen molar-refractivity contribution in [3.63, 3.8) is 0 Å².